The van der Waals surface area contributed by atoms with Crippen LogP contribution in [0.2, 0.25) is 0 Å². The van der Waals surface area contributed by atoms with Gasteiger partial charge in [0.05, 0.1) is 42.9 Å². The highest BCUT2D eigenvalue weighted by Gasteiger charge is 2.30. The fraction of sp³-hybridized carbons (Fsp3) is 0.400. The fourth-order valence-corrected chi connectivity index (χ4v) is 13.6. The van der Waals surface area contributed by atoms with Gasteiger partial charge in [0.2, 0.25) is 11.8 Å². The van der Waals surface area contributed by atoms with E-state index in [2.05, 4.69) is 10.6 Å². The molecular formula is C30H32I6N4O10. The SMILES string of the molecule is CCC(=O)NCc1c(I)c(C(=O)O)c(I)c(N(C)C(=O)COCCOCC(=O)N(C)c2c(I)c(CNC(=O)CC)c(I)c(C(=O)O)c2I)c1I. The van der Waals surface area contributed by atoms with Crippen molar-refractivity contribution < 1.29 is 48.5 Å². The number of ether oxygens (including phenoxy) is 2. The topological polar surface area (TPSA) is 192 Å². The molecule has 0 saturated carbocycles. The lowest BCUT2D eigenvalue weighted by molar-refractivity contribution is -0.126. The lowest BCUT2D eigenvalue weighted by Gasteiger charge is -2.25. The van der Waals surface area contributed by atoms with E-state index < -0.39 is 23.8 Å². The summed E-state index contributed by atoms with van der Waals surface area (Å²) in [6.07, 6.45) is 0.530. The quantitative estimate of drug-likeness (QED) is 0.118. The number of carboxylic acid groups (broad SMARTS) is 2. The molecule has 0 aliphatic rings. The molecule has 0 unspecified atom stereocenters. The molecule has 0 bridgehead atoms. The molecule has 274 valence electrons. The van der Waals surface area contributed by atoms with Crippen LogP contribution in [-0.4, -0.2) is 86.3 Å². The number of rotatable bonds is 17. The summed E-state index contributed by atoms with van der Waals surface area (Å²) in [5, 5.41) is 25.4. The molecular weight excluding hydrogens is 1340 g/mol. The number of carbonyl (C=O) groups excluding carboxylic acids is 4. The molecule has 0 fully saturated rings. The van der Waals surface area contributed by atoms with Crippen LogP contribution in [0.4, 0.5) is 11.4 Å². The Kier molecular flexibility index (Phi) is 19.6. The number of carboxylic acids is 2. The molecule has 4 N–H and O–H groups in total. The fourth-order valence-electron chi connectivity index (χ4n) is 4.18. The molecule has 14 nitrogen and oxygen atoms in total. The first-order valence-electron chi connectivity index (χ1n) is 14.5. The average Bonchev–Trinajstić information content (AvgIpc) is 3.04. The van der Waals surface area contributed by atoms with Gasteiger partial charge in [0, 0.05) is 65.4 Å². The number of nitrogens with zero attached hydrogens (tertiary/aromatic N) is 2. The Bertz CT molecular complexity index is 1570. The number of anilines is 2. The zero-order valence-corrected chi connectivity index (χ0v) is 39.9. The number of benzene rings is 2. The molecule has 50 heavy (non-hydrogen) atoms. The summed E-state index contributed by atoms with van der Waals surface area (Å²) in [5.74, 6) is -3.64. The maximum Gasteiger partial charge on any atom is 0.337 e. The van der Waals surface area contributed by atoms with Crippen LogP contribution in [0.15, 0.2) is 0 Å². The summed E-state index contributed by atoms with van der Waals surface area (Å²) in [7, 11) is 3.02. The van der Waals surface area contributed by atoms with Crippen molar-refractivity contribution in [1.29, 1.82) is 0 Å². The zero-order valence-electron chi connectivity index (χ0n) is 27.0. The molecule has 0 heterocycles. The zero-order chi connectivity index (χ0) is 38.0. The first-order valence-corrected chi connectivity index (χ1v) is 21.0. The van der Waals surface area contributed by atoms with E-state index in [0.717, 1.165) is 0 Å². The summed E-state index contributed by atoms with van der Waals surface area (Å²) in [6, 6.07) is 0. The summed E-state index contributed by atoms with van der Waals surface area (Å²) in [6.45, 7) is 2.83. The molecule has 0 spiro atoms. The molecule has 2 rings (SSSR count). The number of likely N-dealkylation sites (N-methyl/N-ethyl adjacent to an activating group) is 2. The molecule has 0 aromatic heterocycles. The van der Waals surface area contributed by atoms with Gasteiger partial charge in [-0.2, -0.15) is 0 Å². The van der Waals surface area contributed by atoms with Crippen LogP contribution in [0, 0.1) is 21.4 Å². The highest BCUT2D eigenvalue weighted by molar-refractivity contribution is 14.1. The van der Waals surface area contributed by atoms with Gasteiger partial charge in [-0.3, -0.25) is 19.2 Å². The summed E-state index contributed by atoms with van der Waals surface area (Å²) < 4.78 is 13.9. The van der Waals surface area contributed by atoms with Crippen LogP contribution >= 0.6 is 136 Å². The molecule has 0 atom stereocenters. The monoisotopic (exact) mass is 1370 g/mol. The largest absolute Gasteiger partial charge is 0.478 e. The Hall–Kier alpha value is -0.440. The Morgan fingerprint density at radius 1 is 0.580 bits per heavy atom. The first-order chi connectivity index (χ1) is 23.4. The predicted molar refractivity (Wildman–Crippen MR) is 236 cm³/mol. The van der Waals surface area contributed by atoms with Gasteiger partial charge in [-0.05, 0) is 136 Å². The minimum absolute atomic E-state index is 0.0271. The van der Waals surface area contributed by atoms with Gasteiger partial charge >= 0.3 is 11.9 Å². The van der Waals surface area contributed by atoms with Gasteiger partial charge in [0.1, 0.15) is 13.2 Å². The third kappa shape index (κ3) is 11.5. The smallest absolute Gasteiger partial charge is 0.337 e. The van der Waals surface area contributed by atoms with E-state index in [1.165, 1.54) is 23.9 Å². The minimum atomic E-state index is -1.16. The van der Waals surface area contributed by atoms with Gasteiger partial charge < -0.3 is 40.1 Å². The van der Waals surface area contributed by atoms with Crippen LogP contribution in [0.25, 0.3) is 0 Å². The van der Waals surface area contributed by atoms with E-state index in [1.807, 2.05) is 136 Å². The van der Waals surface area contributed by atoms with Crippen molar-refractivity contribution in [2.24, 2.45) is 0 Å². The summed E-state index contributed by atoms with van der Waals surface area (Å²) >= 11 is 11.8. The van der Waals surface area contributed by atoms with E-state index in [9.17, 15) is 39.0 Å². The van der Waals surface area contributed by atoms with Crippen molar-refractivity contribution in [2.75, 3.05) is 50.3 Å². The number of nitrogens with one attached hydrogen (secondary N) is 2. The second-order valence-corrected chi connectivity index (χ2v) is 16.6. The molecule has 0 radical (unpaired) electrons. The van der Waals surface area contributed by atoms with E-state index in [0.29, 0.717) is 43.9 Å². The number of aromatic carboxylic acids is 2. The maximum absolute atomic E-state index is 13.1. The maximum atomic E-state index is 13.1. The van der Waals surface area contributed by atoms with E-state index in [-0.39, 0.29) is 75.3 Å². The predicted octanol–water partition coefficient (Wildman–Crippen LogP) is 5.42. The standard InChI is InChI=1S/C30H32I6N4O10/c1-5-15(41)37-9-13-21(31)19(29(45)46)25(35)27(23(13)33)39(3)17(43)11-49-7-8-50-12-18(44)40(4)28-24(34)14(10-38-16(42)6-2)22(32)20(26(28)36)30(47)48/h5-12H2,1-4H3,(H,37,41)(H,38,42)(H,45,46)(H,47,48). The number of amides is 4. The van der Waals surface area contributed by atoms with Gasteiger partial charge in [-0.1, -0.05) is 13.8 Å². The van der Waals surface area contributed by atoms with Crippen LogP contribution in [-0.2, 0) is 41.7 Å². The van der Waals surface area contributed by atoms with Crippen LogP contribution < -0.4 is 20.4 Å². The van der Waals surface area contributed by atoms with Crippen molar-refractivity contribution in [3.8, 4) is 0 Å². The van der Waals surface area contributed by atoms with Gasteiger partial charge in [-0.25, -0.2) is 9.59 Å². The minimum Gasteiger partial charge on any atom is -0.478 e. The highest BCUT2D eigenvalue weighted by atomic mass is 127. The van der Waals surface area contributed by atoms with Crippen LogP contribution in [0.3, 0.4) is 0 Å². The van der Waals surface area contributed by atoms with Crippen molar-refractivity contribution >= 4 is 182 Å². The van der Waals surface area contributed by atoms with Crippen LogP contribution in [0.5, 0.6) is 0 Å². The Morgan fingerprint density at radius 3 is 1.18 bits per heavy atom. The number of halogens is 6. The molecule has 0 saturated heterocycles. The molecule has 0 aliphatic carbocycles. The summed E-state index contributed by atoms with van der Waals surface area (Å²) in [4.78, 5) is 77.0. The lowest BCUT2D eigenvalue weighted by Crippen LogP contribution is -2.34. The van der Waals surface area contributed by atoms with Gasteiger partial charge in [-0.15, -0.1) is 0 Å². The van der Waals surface area contributed by atoms with Crippen molar-refractivity contribution in [1.82, 2.24) is 10.6 Å². The van der Waals surface area contributed by atoms with E-state index in [4.69, 9.17) is 9.47 Å². The molecule has 4 amide bonds. The highest BCUT2D eigenvalue weighted by Crippen LogP contribution is 2.39. The summed E-state index contributed by atoms with van der Waals surface area (Å²) in [5.41, 5.74) is 1.98. The third-order valence-corrected chi connectivity index (χ3v) is 13.8. The van der Waals surface area contributed by atoms with Crippen molar-refractivity contribution in [3.05, 3.63) is 43.7 Å². The molecule has 0 aliphatic heterocycles. The van der Waals surface area contributed by atoms with Crippen LogP contribution in [0.1, 0.15) is 58.5 Å². The Labute approximate surface area is 370 Å². The number of hydrogen-bond donors (Lipinski definition) is 4. The van der Waals surface area contributed by atoms with Gasteiger partial charge in [0.25, 0.3) is 11.8 Å². The van der Waals surface area contributed by atoms with Gasteiger partial charge in [0.15, 0.2) is 0 Å². The Balaban J connectivity index is 2.09. The second kappa shape index (κ2) is 21.4. The number of hydrogen-bond acceptors (Lipinski definition) is 8. The molecule has 20 heteroatoms. The number of carbonyl (C=O) groups is 6. The molecule has 2 aromatic rings. The average molecular weight is 1370 g/mol. The van der Waals surface area contributed by atoms with Crippen molar-refractivity contribution in [2.45, 2.75) is 39.8 Å². The first kappa shape index (κ1) is 45.7. The lowest BCUT2D eigenvalue weighted by atomic mass is 10.1. The Morgan fingerprint density at radius 2 is 0.900 bits per heavy atom. The molecule has 2 aromatic carbocycles. The van der Waals surface area contributed by atoms with E-state index >= 15 is 0 Å². The third-order valence-electron chi connectivity index (χ3n) is 7.01. The second-order valence-electron chi connectivity index (χ2n) is 10.2. The van der Waals surface area contributed by atoms with Crippen molar-refractivity contribution in [3.63, 3.8) is 0 Å². The van der Waals surface area contributed by atoms with E-state index in [1.54, 1.807) is 13.8 Å². The normalized spacial score (nSPS) is 10.8.